The minimum Gasteiger partial charge on any atom is -0.337 e. The summed E-state index contributed by atoms with van der Waals surface area (Å²) in [5.74, 6) is 0.153. The second-order valence-electron chi connectivity index (χ2n) is 7.85. The van der Waals surface area contributed by atoms with Gasteiger partial charge in [-0.15, -0.1) is 0 Å². The molecule has 0 bridgehead atoms. The van der Waals surface area contributed by atoms with Crippen molar-refractivity contribution in [1.29, 1.82) is 0 Å². The number of hydrogen-bond acceptors (Lipinski definition) is 2. The number of carbonyl (C=O) groups is 1. The SMILES string of the molecule is O=C1c2cccn2[C@H]2CN(CCc3ccccc3)C[C@H]2N1Cc1ccccc1. The van der Waals surface area contributed by atoms with E-state index in [1.807, 2.05) is 30.3 Å². The number of rotatable bonds is 5. The zero-order valence-corrected chi connectivity index (χ0v) is 15.9. The Morgan fingerprint density at radius 2 is 1.46 bits per heavy atom. The Bertz CT molecular complexity index is 950. The summed E-state index contributed by atoms with van der Waals surface area (Å²) in [6, 6.07) is 25.5. The van der Waals surface area contributed by atoms with Gasteiger partial charge >= 0.3 is 0 Å². The summed E-state index contributed by atoms with van der Waals surface area (Å²) in [4.78, 5) is 17.8. The van der Waals surface area contributed by atoms with Gasteiger partial charge in [0.15, 0.2) is 0 Å². The fraction of sp³-hybridized carbons (Fsp3) is 0.292. The van der Waals surface area contributed by atoms with E-state index in [4.69, 9.17) is 0 Å². The first-order valence-corrected chi connectivity index (χ1v) is 10.1. The zero-order chi connectivity index (χ0) is 18.9. The van der Waals surface area contributed by atoms with Gasteiger partial charge in [-0.05, 0) is 29.7 Å². The fourth-order valence-electron chi connectivity index (χ4n) is 4.67. The molecular weight excluding hydrogens is 346 g/mol. The molecule has 1 aromatic heterocycles. The van der Waals surface area contributed by atoms with Gasteiger partial charge in [-0.2, -0.15) is 0 Å². The molecular formula is C24H25N3O. The Labute approximate surface area is 166 Å². The number of nitrogens with zero attached hydrogens (tertiary/aromatic N) is 3. The van der Waals surface area contributed by atoms with E-state index in [0.717, 1.165) is 31.7 Å². The van der Waals surface area contributed by atoms with Crippen LogP contribution in [0.5, 0.6) is 0 Å². The van der Waals surface area contributed by atoms with Crippen molar-refractivity contribution < 1.29 is 4.79 Å². The maximum Gasteiger partial charge on any atom is 0.271 e. The van der Waals surface area contributed by atoms with Crippen molar-refractivity contribution in [3.63, 3.8) is 0 Å². The van der Waals surface area contributed by atoms with Crippen LogP contribution in [0.2, 0.25) is 0 Å². The highest BCUT2D eigenvalue weighted by molar-refractivity contribution is 5.94. The van der Waals surface area contributed by atoms with Crippen LogP contribution in [0.4, 0.5) is 0 Å². The third-order valence-corrected chi connectivity index (χ3v) is 6.11. The monoisotopic (exact) mass is 371 g/mol. The number of carbonyl (C=O) groups excluding carboxylic acids is 1. The Morgan fingerprint density at radius 1 is 0.786 bits per heavy atom. The Hall–Kier alpha value is -2.85. The molecule has 28 heavy (non-hydrogen) atoms. The molecule has 0 spiro atoms. The molecule has 5 rings (SSSR count). The second-order valence-corrected chi connectivity index (χ2v) is 7.85. The molecule has 2 aromatic carbocycles. The first-order chi connectivity index (χ1) is 13.8. The van der Waals surface area contributed by atoms with Gasteiger partial charge in [0.25, 0.3) is 5.91 Å². The van der Waals surface area contributed by atoms with Gasteiger partial charge in [0, 0.05) is 32.4 Å². The molecule has 142 valence electrons. The van der Waals surface area contributed by atoms with Crippen LogP contribution < -0.4 is 0 Å². The highest BCUT2D eigenvalue weighted by atomic mass is 16.2. The summed E-state index contributed by atoms with van der Waals surface area (Å²) in [6.07, 6.45) is 3.12. The summed E-state index contributed by atoms with van der Waals surface area (Å²) in [5, 5.41) is 0. The Balaban J connectivity index is 1.37. The summed E-state index contributed by atoms with van der Waals surface area (Å²) in [6.45, 7) is 3.64. The molecule has 4 nitrogen and oxygen atoms in total. The maximum absolute atomic E-state index is 13.2. The normalized spacial score (nSPS) is 21.6. The molecule has 0 unspecified atom stereocenters. The molecule has 0 saturated carbocycles. The number of amides is 1. The molecule has 3 aromatic rings. The average molecular weight is 371 g/mol. The Kier molecular flexibility index (Phi) is 4.49. The molecule has 2 atom stereocenters. The maximum atomic E-state index is 13.2. The van der Waals surface area contributed by atoms with Crippen LogP contribution in [0.15, 0.2) is 79.0 Å². The second kappa shape index (κ2) is 7.28. The molecule has 2 aliphatic rings. The third-order valence-electron chi connectivity index (χ3n) is 6.11. The lowest BCUT2D eigenvalue weighted by atomic mass is 10.0. The van der Waals surface area contributed by atoms with Crippen LogP contribution in [-0.4, -0.2) is 46.0 Å². The standard InChI is InChI=1S/C24H25N3O/c28-24-21-12-7-14-26(21)22-17-25(15-13-19-8-3-1-4-9-19)18-23(22)27(24)16-20-10-5-2-6-11-20/h1-12,14,22-23H,13,15-18H2/t22-,23+/m0/s1. The first-order valence-electron chi connectivity index (χ1n) is 10.1. The molecule has 4 heteroatoms. The van der Waals surface area contributed by atoms with Crippen molar-refractivity contribution in [1.82, 2.24) is 14.4 Å². The molecule has 0 radical (unpaired) electrons. The number of likely N-dealkylation sites (tertiary alicyclic amines) is 1. The van der Waals surface area contributed by atoms with Crippen LogP contribution in [0.3, 0.4) is 0 Å². The number of hydrogen-bond donors (Lipinski definition) is 0. The summed E-state index contributed by atoms with van der Waals surface area (Å²) < 4.78 is 2.21. The minimum atomic E-state index is 0.153. The topological polar surface area (TPSA) is 28.5 Å². The van der Waals surface area contributed by atoms with Crippen LogP contribution in [-0.2, 0) is 13.0 Å². The van der Waals surface area contributed by atoms with E-state index in [-0.39, 0.29) is 11.9 Å². The van der Waals surface area contributed by atoms with E-state index >= 15 is 0 Å². The van der Waals surface area contributed by atoms with Gasteiger partial charge in [-0.25, -0.2) is 0 Å². The highest BCUT2D eigenvalue weighted by Gasteiger charge is 2.44. The first kappa shape index (κ1) is 17.3. The van der Waals surface area contributed by atoms with E-state index in [2.05, 4.69) is 63.0 Å². The number of benzene rings is 2. The highest BCUT2D eigenvalue weighted by Crippen LogP contribution is 2.34. The Morgan fingerprint density at radius 3 is 2.21 bits per heavy atom. The van der Waals surface area contributed by atoms with Gasteiger partial charge < -0.3 is 9.47 Å². The summed E-state index contributed by atoms with van der Waals surface area (Å²) in [5.41, 5.74) is 3.38. The predicted octanol–water partition coefficient (Wildman–Crippen LogP) is 3.61. The van der Waals surface area contributed by atoms with E-state index in [0.29, 0.717) is 12.6 Å². The molecule has 0 aliphatic carbocycles. The van der Waals surface area contributed by atoms with Crippen molar-refractivity contribution >= 4 is 5.91 Å². The van der Waals surface area contributed by atoms with Crippen LogP contribution in [0.1, 0.15) is 27.7 Å². The lowest BCUT2D eigenvalue weighted by molar-refractivity contribution is 0.0557. The van der Waals surface area contributed by atoms with Crippen LogP contribution >= 0.6 is 0 Å². The molecule has 1 fully saturated rings. The van der Waals surface area contributed by atoms with E-state index in [1.54, 1.807) is 0 Å². The quantitative estimate of drug-likeness (QED) is 0.685. The van der Waals surface area contributed by atoms with Crippen molar-refractivity contribution in [3.05, 3.63) is 95.8 Å². The minimum absolute atomic E-state index is 0.153. The van der Waals surface area contributed by atoms with Crippen LogP contribution in [0, 0.1) is 0 Å². The molecule has 1 amide bonds. The summed E-state index contributed by atoms with van der Waals surface area (Å²) >= 11 is 0. The molecule has 3 heterocycles. The van der Waals surface area contributed by atoms with Gasteiger partial charge in [0.2, 0.25) is 0 Å². The summed E-state index contributed by atoms with van der Waals surface area (Å²) in [7, 11) is 0. The zero-order valence-electron chi connectivity index (χ0n) is 15.9. The lowest BCUT2D eigenvalue weighted by Gasteiger charge is -2.38. The van der Waals surface area contributed by atoms with Gasteiger partial charge in [0.1, 0.15) is 5.69 Å². The van der Waals surface area contributed by atoms with Gasteiger partial charge in [-0.3, -0.25) is 9.69 Å². The largest absolute Gasteiger partial charge is 0.337 e. The van der Waals surface area contributed by atoms with Crippen molar-refractivity contribution in [2.24, 2.45) is 0 Å². The van der Waals surface area contributed by atoms with Gasteiger partial charge in [-0.1, -0.05) is 60.7 Å². The molecule has 1 saturated heterocycles. The average Bonchev–Trinajstić information content (AvgIpc) is 3.38. The third kappa shape index (κ3) is 3.14. The van der Waals surface area contributed by atoms with E-state index in [9.17, 15) is 4.79 Å². The molecule has 2 aliphatic heterocycles. The number of fused-ring (bicyclic) bond motifs is 3. The number of aromatic nitrogens is 1. The van der Waals surface area contributed by atoms with E-state index in [1.165, 1.54) is 11.1 Å². The molecule has 0 N–H and O–H groups in total. The van der Waals surface area contributed by atoms with Crippen molar-refractivity contribution in [3.8, 4) is 0 Å². The fourth-order valence-corrected chi connectivity index (χ4v) is 4.67. The van der Waals surface area contributed by atoms with Crippen LogP contribution in [0.25, 0.3) is 0 Å². The van der Waals surface area contributed by atoms with E-state index < -0.39 is 0 Å². The predicted molar refractivity (Wildman–Crippen MR) is 110 cm³/mol. The van der Waals surface area contributed by atoms with Crippen molar-refractivity contribution in [2.45, 2.75) is 25.0 Å². The van der Waals surface area contributed by atoms with Gasteiger partial charge in [0.05, 0.1) is 12.1 Å². The smallest absolute Gasteiger partial charge is 0.271 e. The van der Waals surface area contributed by atoms with Crippen molar-refractivity contribution in [2.75, 3.05) is 19.6 Å². The lowest BCUT2D eigenvalue weighted by Crippen LogP contribution is -2.49.